The third kappa shape index (κ3) is 4.55. The Bertz CT molecular complexity index is 708. The van der Waals surface area contributed by atoms with Crippen molar-refractivity contribution in [2.45, 2.75) is 6.54 Å². The second kappa shape index (κ2) is 7.41. The van der Waals surface area contributed by atoms with Crippen LogP contribution in [-0.2, 0) is 16.1 Å². The number of halogens is 1. The summed E-state index contributed by atoms with van der Waals surface area (Å²) in [6.07, 6.45) is 1.46. The molecule has 0 spiro atoms. The molecule has 0 bridgehead atoms. The number of carboxylic acid groups (broad SMARTS) is 1. The topological polar surface area (TPSA) is 116 Å². The molecule has 120 valence electrons. The highest BCUT2D eigenvalue weighted by Gasteiger charge is 2.16. The second-order valence-corrected chi connectivity index (χ2v) is 4.95. The monoisotopic (exact) mass is 336 g/mol. The smallest absolute Gasteiger partial charge is 0.323 e. The van der Waals surface area contributed by atoms with Gasteiger partial charge in [-0.15, -0.1) is 0 Å². The number of hydrogen-bond donors (Lipinski definition) is 3. The Morgan fingerprint density at radius 1 is 1.35 bits per heavy atom. The maximum absolute atomic E-state index is 10.9. The van der Waals surface area contributed by atoms with Crippen molar-refractivity contribution in [1.82, 2.24) is 9.97 Å². The van der Waals surface area contributed by atoms with E-state index in [4.69, 9.17) is 16.7 Å². The number of anilines is 2. The van der Waals surface area contributed by atoms with Crippen molar-refractivity contribution >= 4 is 35.6 Å². The SMILES string of the molecule is O=CN(CC(=O)O)c1cnc(NCc2ccc(Cl)cc2)nc1O. The first kappa shape index (κ1) is 16.5. The first-order valence-electron chi connectivity index (χ1n) is 6.47. The minimum atomic E-state index is -1.22. The summed E-state index contributed by atoms with van der Waals surface area (Å²) in [5, 5.41) is 22.1. The quantitative estimate of drug-likeness (QED) is 0.656. The van der Waals surface area contributed by atoms with Crippen LogP contribution >= 0.6 is 11.6 Å². The van der Waals surface area contributed by atoms with Crippen molar-refractivity contribution in [2.24, 2.45) is 0 Å². The maximum atomic E-state index is 10.9. The van der Waals surface area contributed by atoms with Crippen molar-refractivity contribution < 1.29 is 19.8 Å². The lowest BCUT2D eigenvalue weighted by molar-refractivity contribution is -0.136. The van der Waals surface area contributed by atoms with E-state index in [2.05, 4.69) is 15.3 Å². The van der Waals surface area contributed by atoms with Crippen molar-refractivity contribution in [3.8, 4) is 5.88 Å². The van der Waals surface area contributed by atoms with Crippen LogP contribution in [-0.4, -0.2) is 39.1 Å². The number of nitrogens with zero attached hydrogens (tertiary/aromatic N) is 3. The van der Waals surface area contributed by atoms with Gasteiger partial charge in [-0.25, -0.2) is 4.98 Å². The summed E-state index contributed by atoms with van der Waals surface area (Å²) in [5.41, 5.74) is 0.849. The van der Waals surface area contributed by atoms with Crippen LogP contribution < -0.4 is 10.2 Å². The van der Waals surface area contributed by atoms with Crippen LogP contribution in [0.5, 0.6) is 5.88 Å². The van der Waals surface area contributed by atoms with Crippen molar-refractivity contribution in [3.63, 3.8) is 0 Å². The number of amides is 1. The highest BCUT2D eigenvalue weighted by Crippen LogP contribution is 2.24. The van der Waals surface area contributed by atoms with E-state index in [1.54, 1.807) is 12.1 Å². The number of rotatable bonds is 7. The molecule has 23 heavy (non-hydrogen) atoms. The fourth-order valence-electron chi connectivity index (χ4n) is 1.76. The third-order valence-electron chi connectivity index (χ3n) is 2.86. The van der Waals surface area contributed by atoms with Gasteiger partial charge in [0.2, 0.25) is 18.2 Å². The average Bonchev–Trinajstić information content (AvgIpc) is 2.52. The number of benzene rings is 1. The molecule has 8 nitrogen and oxygen atoms in total. The van der Waals surface area contributed by atoms with Crippen LogP contribution in [0.2, 0.25) is 5.02 Å². The van der Waals surface area contributed by atoms with Crippen LogP contribution in [0.1, 0.15) is 5.56 Å². The first-order valence-corrected chi connectivity index (χ1v) is 6.85. The van der Waals surface area contributed by atoms with E-state index >= 15 is 0 Å². The number of carbonyl (C=O) groups excluding carboxylic acids is 1. The van der Waals surface area contributed by atoms with Gasteiger partial charge in [-0.3, -0.25) is 14.5 Å². The fourth-order valence-corrected chi connectivity index (χ4v) is 1.89. The van der Waals surface area contributed by atoms with Crippen LogP contribution in [0, 0.1) is 0 Å². The molecule has 0 aliphatic carbocycles. The Balaban J connectivity index is 2.07. The molecule has 1 aromatic carbocycles. The lowest BCUT2D eigenvalue weighted by atomic mass is 10.2. The van der Waals surface area contributed by atoms with E-state index in [1.165, 1.54) is 6.20 Å². The van der Waals surface area contributed by atoms with Gasteiger partial charge < -0.3 is 15.5 Å². The van der Waals surface area contributed by atoms with Gasteiger partial charge >= 0.3 is 5.97 Å². The summed E-state index contributed by atoms with van der Waals surface area (Å²) in [6, 6.07) is 7.14. The summed E-state index contributed by atoms with van der Waals surface area (Å²) in [4.78, 5) is 30.1. The highest BCUT2D eigenvalue weighted by molar-refractivity contribution is 6.30. The molecule has 1 heterocycles. The molecule has 0 radical (unpaired) electrons. The first-order chi connectivity index (χ1) is 11.0. The molecule has 1 amide bonds. The predicted octanol–water partition coefficient (Wildman–Crippen LogP) is 1.50. The average molecular weight is 337 g/mol. The number of carbonyl (C=O) groups is 2. The Hall–Kier alpha value is -2.87. The summed E-state index contributed by atoms with van der Waals surface area (Å²) >= 11 is 5.79. The van der Waals surface area contributed by atoms with Gasteiger partial charge in [0, 0.05) is 11.6 Å². The minimum Gasteiger partial charge on any atom is -0.492 e. The summed E-state index contributed by atoms with van der Waals surface area (Å²) in [6.45, 7) is -0.194. The molecular weight excluding hydrogens is 324 g/mol. The van der Waals surface area contributed by atoms with Crippen LogP contribution in [0.3, 0.4) is 0 Å². The summed E-state index contributed by atoms with van der Waals surface area (Å²) in [5.74, 6) is -1.57. The largest absolute Gasteiger partial charge is 0.492 e. The van der Waals surface area contributed by atoms with E-state index in [0.29, 0.717) is 11.6 Å². The molecule has 0 saturated carbocycles. The van der Waals surface area contributed by atoms with E-state index < -0.39 is 18.4 Å². The lowest BCUT2D eigenvalue weighted by Crippen LogP contribution is -2.28. The lowest BCUT2D eigenvalue weighted by Gasteiger charge is -2.15. The Kier molecular flexibility index (Phi) is 5.32. The zero-order valence-electron chi connectivity index (χ0n) is 11.8. The molecule has 3 N–H and O–H groups in total. The molecule has 0 aliphatic heterocycles. The molecule has 1 aromatic heterocycles. The Morgan fingerprint density at radius 3 is 2.61 bits per heavy atom. The third-order valence-corrected chi connectivity index (χ3v) is 3.11. The molecule has 0 unspecified atom stereocenters. The van der Waals surface area contributed by atoms with Gasteiger partial charge in [0.05, 0.1) is 6.20 Å². The summed E-state index contributed by atoms with van der Waals surface area (Å²) < 4.78 is 0. The highest BCUT2D eigenvalue weighted by atomic mass is 35.5. The zero-order chi connectivity index (χ0) is 16.8. The maximum Gasteiger partial charge on any atom is 0.323 e. The van der Waals surface area contributed by atoms with Gasteiger partial charge in [-0.05, 0) is 17.7 Å². The number of hydrogen-bond acceptors (Lipinski definition) is 6. The molecule has 2 aromatic rings. The number of nitrogens with one attached hydrogen (secondary N) is 1. The second-order valence-electron chi connectivity index (χ2n) is 4.51. The van der Waals surface area contributed by atoms with Crippen molar-refractivity contribution in [1.29, 1.82) is 0 Å². The number of carboxylic acids is 1. The number of aromatic nitrogens is 2. The number of aromatic hydroxyl groups is 1. The normalized spacial score (nSPS) is 10.1. The van der Waals surface area contributed by atoms with Gasteiger partial charge in [0.25, 0.3) is 0 Å². The molecule has 0 saturated heterocycles. The molecular formula is C14H13ClN4O4. The predicted molar refractivity (Wildman–Crippen MR) is 83.5 cm³/mol. The van der Waals surface area contributed by atoms with E-state index in [-0.39, 0.29) is 18.0 Å². The van der Waals surface area contributed by atoms with E-state index in [1.807, 2.05) is 12.1 Å². The minimum absolute atomic E-state index is 0.0838. The van der Waals surface area contributed by atoms with Crippen molar-refractivity contribution in [2.75, 3.05) is 16.8 Å². The zero-order valence-corrected chi connectivity index (χ0v) is 12.6. The molecule has 9 heteroatoms. The molecule has 2 rings (SSSR count). The van der Waals surface area contributed by atoms with Gasteiger partial charge in [-0.1, -0.05) is 23.7 Å². The standard InChI is InChI=1S/C14H13ClN4O4/c15-10-3-1-9(2-4-10)5-16-14-17-6-11(13(23)18-14)19(8-20)7-12(21)22/h1-4,6,8H,5,7H2,(H,21,22)(H2,16,17,18,23). The van der Waals surface area contributed by atoms with E-state index in [0.717, 1.165) is 10.5 Å². The van der Waals surface area contributed by atoms with Gasteiger partial charge in [-0.2, -0.15) is 4.98 Å². The van der Waals surface area contributed by atoms with E-state index in [9.17, 15) is 14.7 Å². The summed E-state index contributed by atoms with van der Waals surface area (Å²) in [7, 11) is 0. The fraction of sp³-hybridized carbons (Fsp3) is 0.143. The molecule has 0 atom stereocenters. The molecule has 0 aliphatic rings. The Labute approximate surface area is 136 Å². The van der Waals surface area contributed by atoms with Crippen LogP contribution in [0.25, 0.3) is 0 Å². The Morgan fingerprint density at radius 2 is 2.04 bits per heavy atom. The van der Waals surface area contributed by atoms with Crippen LogP contribution in [0.15, 0.2) is 30.5 Å². The van der Waals surface area contributed by atoms with Gasteiger partial charge in [0.15, 0.2) is 0 Å². The van der Waals surface area contributed by atoms with Crippen LogP contribution in [0.4, 0.5) is 11.6 Å². The van der Waals surface area contributed by atoms with Gasteiger partial charge in [0.1, 0.15) is 12.2 Å². The van der Waals surface area contributed by atoms with Crippen molar-refractivity contribution in [3.05, 3.63) is 41.0 Å². The molecule has 0 fully saturated rings. The number of aliphatic carboxylic acids is 1.